The Labute approximate surface area is 102 Å². The molecule has 0 bridgehead atoms. The van der Waals surface area contributed by atoms with Gasteiger partial charge in [-0.3, -0.25) is 4.79 Å². The molecule has 1 aliphatic heterocycles. The lowest BCUT2D eigenvalue weighted by Gasteiger charge is -2.35. The van der Waals surface area contributed by atoms with E-state index in [0.29, 0.717) is 24.8 Å². The predicted molar refractivity (Wildman–Crippen MR) is 64.8 cm³/mol. The Kier molecular flexibility index (Phi) is 5.25. The Morgan fingerprint density at radius 3 is 2.65 bits per heavy atom. The molecule has 1 aliphatic rings. The molecular weight excluding hydrogens is 220 g/mol. The summed E-state index contributed by atoms with van der Waals surface area (Å²) < 4.78 is 0. The Balaban J connectivity index is 2.21. The molecule has 5 nitrogen and oxygen atoms in total. The summed E-state index contributed by atoms with van der Waals surface area (Å²) in [7, 11) is 0. The molecule has 2 amide bonds. The summed E-state index contributed by atoms with van der Waals surface area (Å²) in [6.45, 7) is 6.41. The molecule has 0 spiro atoms. The standard InChI is InChI=1S/C12H22N2O3/c1-9-5-7-14(8-10(9)2)12(17)13-6-3-4-11(15)16/h9-10H,3-8H2,1-2H3,(H,13,17)(H,15,16). The van der Waals surface area contributed by atoms with Gasteiger partial charge in [0.1, 0.15) is 0 Å². The molecule has 1 fully saturated rings. The number of piperidine rings is 1. The maximum Gasteiger partial charge on any atom is 0.317 e. The van der Waals surface area contributed by atoms with Gasteiger partial charge in [-0.25, -0.2) is 4.79 Å². The average molecular weight is 242 g/mol. The molecule has 2 atom stereocenters. The van der Waals surface area contributed by atoms with Gasteiger partial charge in [-0.15, -0.1) is 0 Å². The minimum absolute atomic E-state index is 0.0610. The number of rotatable bonds is 4. The van der Waals surface area contributed by atoms with E-state index < -0.39 is 5.97 Å². The second-order valence-corrected chi connectivity index (χ2v) is 4.92. The van der Waals surface area contributed by atoms with Crippen molar-refractivity contribution in [2.45, 2.75) is 33.1 Å². The zero-order valence-corrected chi connectivity index (χ0v) is 10.6. The van der Waals surface area contributed by atoms with Crippen molar-refractivity contribution in [1.29, 1.82) is 0 Å². The van der Waals surface area contributed by atoms with Crippen molar-refractivity contribution in [2.24, 2.45) is 11.8 Å². The first kappa shape index (κ1) is 13.8. The highest BCUT2D eigenvalue weighted by Gasteiger charge is 2.25. The Morgan fingerprint density at radius 2 is 2.06 bits per heavy atom. The minimum Gasteiger partial charge on any atom is -0.481 e. The van der Waals surface area contributed by atoms with E-state index in [-0.39, 0.29) is 12.5 Å². The lowest BCUT2D eigenvalue weighted by molar-refractivity contribution is -0.137. The van der Waals surface area contributed by atoms with Gasteiger partial charge in [0.05, 0.1) is 0 Å². The monoisotopic (exact) mass is 242 g/mol. The van der Waals surface area contributed by atoms with E-state index >= 15 is 0 Å². The fourth-order valence-electron chi connectivity index (χ4n) is 1.99. The van der Waals surface area contributed by atoms with Crippen molar-refractivity contribution in [3.8, 4) is 0 Å². The van der Waals surface area contributed by atoms with E-state index in [0.717, 1.165) is 19.5 Å². The van der Waals surface area contributed by atoms with E-state index in [1.165, 1.54) is 0 Å². The number of hydrogen-bond donors (Lipinski definition) is 2. The van der Waals surface area contributed by atoms with Crippen LogP contribution in [0.1, 0.15) is 33.1 Å². The number of nitrogens with one attached hydrogen (secondary N) is 1. The molecule has 0 aliphatic carbocycles. The van der Waals surface area contributed by atoms with E-state index in [1.54, 1.807) is 0 Å². The quantitative estimate of drug-likeness (QED) is 0.735. The minimum atomic E-state index is -0.820. The highest BCUT2D eigenvalue weighted by molar-refractivity contribution is 5.74. The smallest absolute Gasteiger partial charge is 0.317 e. The summed E-state index contributed by atoms with van der Waals surface area (Å²) in [6.07, 6.45) is 1.64. The number of urea groups is 1. The van der Waals surface area contributed by atoms with Crippen LogP contribution in [0, 0.1) is 11.8 Å². The molecular formula is C12H22N2O3. The third-order valence-corrected chi connectivity index (χ3v) is 3.46. The number of carboxylic acids is 1. The van der Waals surface area contributed by atoms with Crippen LogP contribution in [0.2, 0.25) is 0 Å². The van der Waals surface area contributed by atoms with Crippen LogP contribution in [0.4, 0.5) is 4.79 Å². The summed E-state index contributed by atoms with van der Waals surface area (Å²) in [4.78, 5) is 23.9. The molecule has 1 heterocycles. The van der Waals surface area contributed by atoms with E-state index in [2.05, 4.69) is 19.2 Å². The van der Waals surface area contributed by atoms with Gasteiger partial charge in [0.15, 0.2) is 0 Å². The third kappa shape index (κ3) is 4.63. The average Bonchev–Trinajstić information content (AvgIpc) is 2.27. The van der Waals surface area contributed by atoms with Crippen LogP contribution in [0.15, 0.2) is 0 Å². The molecule has 1 saturated heterocycles. The number of carboxylic acid groups (broad SMARTS) is 1. The molecule has 5 heteroatoms. The Hall–Kier alpha value is -1.26. The SMILES string of the molecule is CC1CCN(C(=O)NCCCC(=O)O)CC1C. The Morgan fingerprint density at radius 1 is 1.35 bits per heavy atom. The van der Waals surface area contributed by atoms with Gasteiger partial charge in [-0.1, -0.05) is 13.8 Å². The number of nitrogens with zero attached hydrogens (tertiary/aromatic N) is 1. The van der Waals surface area contributed by atoms with Crippen LogP contribution in [-0.4, -0.2) is 41.6 Å². The molecule has 1 rings (SSSR count). The summed E-state index contributed by atoms with van der Waals surface area (Å²) in [5, 5.41) is 11.2. The highest BCUT2D eigenvalue weighted by atomic mass is 16.4. The van der Waals surface area contributed by atoms with Crippen LogP contribution in [0.3, 0.4) is 0 Å². The largest absolute Gasteiger partial charge is 0.481 e. The predicted octanol–water partition coefficient (Wildman–Crippen LogP) is 1.54. The molecule has 98 valence electrons. The van der Waals surface area contributed by atoms with Gasteiger partial charge in [-0.05, 0) is 24.7 Å². The van der Waals surface area contributed by atoms with Crippen LogP contribution < -0.4 is 5.32 Å². The molecule has 17 heavy (non-hydrogen) atoms. The molecule has 2 N–H and O–H groups in total. The van der Waals surface area contributed by atoms with Crippen LogP contribution in [0.25, 0.3) is 0 Å². The maximum absolute atomic E-state index is 11.8. The summed E-state index contributed by atoms with van der Waals surface area (Å²) in [5.74, 6) is 0.388. The highest BCUT2D eigenvalue weighted by Crippen LogP contribution is 2.22. The fraction of sp³-hybridized carbons (Fsp3) is 0.833. The van der Waals surface area contributed by atoms with Crippen molar-refractivity contribution in [3.05, 3.63) is 0 Å². The van der Waals surface area contributed by atoms with Gasteiger partial charge >= 0.3 is 12.0 Å². The van der Waals surface area contributed by atoms with E-state index in [4.69, 9.17) is 5.11 Å². The van der Waals surface area contributed by atoms with Gasteiger partial charge in [0, 0.05) is 26.1 Å². The molecule has 0 radical (unpaired) electrons. The summed E-state index contributed by atoms with van der Waals surface area (Å²) >= 11 is 0. The van der Waals surface area contributed by atoms with Crippen LogP contribution >= 0.6 is 0 Å². The molecule has 0 aromatic carbocycles. The lowest BCUT2D eigenvalue weighted by atomic mass is 9.89. The van der Waals surface area contributed by atoms with Crippen molar-refractivity contribution in [1.82, 2.24) is 10.2 Å². The van der Waals surface area contributed by atoms with Crippen molar-refractivity contribution in [2.75, 3.05) is 19.6 Å². The number of hydrogen-bond acceptors (Lipinski definition) is 2. The van der Waals surface area contributed by atoms with E-state index in [9.17, 15) is 9.59 Å². The van der Waals surface area contributed by atoms with Gasteiger partial charge in [0.25, 0.3) is 0 Å². The van der Waals surface area contributed by atoms with Crippen molar-refractivity contribution in [3.63, 3.8) is 0 Å². The second kappa shape index (κ2) is 6.47. The van der Waals surface area contributed by atoms with E-state index in [1.807, 2.05) is 4.90 Å². The van der Waals surface area contributed by atoms with Gasteiger partial charge in [0.2, 0.25) is 0 Å². The molecule has 0 saturated carbocycles. The van der Waals surface area contributed by atoms with Crippen molar-refractivity contribution >= 4 is 12.0 Å². The summed E-state index contributed by atoms with van der Waals surface area (Å²) in [5.41, 5.74) is 0. The third-order valence-electron chi connectivity index (χ3n) is 3.46. The zero-order chi connectivity index (χ0) is 12.8. The lowest BCUT2D eigenvalue weighted by Crippen LogP contribution is -2.47. The summed E-state index contributed by atoms with van der Waals surface area (Å²) in [6, 6.07) is -0.0610. The number of carbonyl (C=O) groups is 2. The normalized spacial score (nSPS) is 24.5. The zero-order valence-electron chi connectivity index (χ0n) is 10.6. The van der Waals surface area contributed by atoms with Gasteiger partial charge in [-0.2, -0.15) is 0 Å². The topological polar surface area (TPSA) is 69.6 Å². The van der Waals surface area contributed by atoms with Crippen LogP contribution in [0.5, 0.6) is 0 Å². The number of carbonyl (C=O) groups excluding carboxylic acids is 1. The molecule has 0 aromatic rings. The second-order valence-electron chi connectivity index (χ2n) is 4.92. The van der Waals surface area contributed by atoms with Crippen molar-refractivity contribution < 1.29 is 14.7 Å². The Bertz CT molecular complexity index is 281. The number of aliphatic carboxylic acids is 1. The first-order valence-corrected chi connectivity index (χ1v) is 6.25. The van der Waals surface area contributed by atoms with Crippen LogP contribution in [-0.2, 0) is 4.79 Å². The molecule has 0 aromatic heterocycles. The number of amides is 2. The maximum atomic E-state index is 11.8. The molecule has 2 unspecified atom stereocenters. The fourth-order valence-corrected chi connectivity index (χ4v) is 1.99. The first-order valence-electron chi connectivity index (χ1n) is 6.25. The number of likely N-dealkylation sites (tertiary alicyclic amines) is 1. The first-order chi connectivity index (χ1) is 8.00. The van der Waals surface area contributed by atoms with Gasteiger partial charge < -0.3 is 15.3 Å².